The van der Waals surface area contributed by atoms with Crippen LogP contribution in [0.4, 0.5) is 11.4 Å². The highest BCUT2D eigenvalue weighted by molar-refractivity contribution is 5.94. The smallest absolute Gasteiger partial charge is 0.314 e. The fourth-order valence-corrected chi connectivity index (χ4v) is 2.90. The first-order valence-electron chi connectivity index (χ1n) is 9.21. The largest absolute Gasteiger partial charge is 0.494 e. The van der Waals surface area contributed by atoms with E-state index in [0.29, 0.717) is 0 Å². The average Bonchev–Trinajstić information content (AvgIpc) is 2.73. The first-order valence-corrected chi connectivity index (χ1v) is 9.21. The second kappa shape index (κ2) is 10.2. The van der Waals surface area contributed by atoms with Gasteiger partial charge in [0.1, 0.15) is 5.75 Å². The summed E-state index contributed by atoms with van der Waals surface area (Å²) in [6.07, 6.45) is 0.779. The summed E-state index contributed by atoms with van der Waals surface area (Å²) in [6, 6.07) is 13.1. The van der Waals surface area contributed by atoms with Crippen molar-refractivity contribution in [3.05, 3.63) is 64.2 Å². The van der Waals surface area contributed by atoms with Crippen LogP contribution in [0.1, 0.15) is 31.7 Å². The van der Waals surface area contributed by atoms with Gasteiger partial charge in [-0.05, 0) is 17.5 Å². The topological polar surface area (TPSA) is 108 Å². The van der Waals surface area contributed by atoms with Gasteiger partial charge in [0, 0.05) is 6.07 Å². The first-order chi connectivity index (χ1) is 13.9. The number of benzene rings is 2. The third-order valence-electron chi connectivity index (χ3n) is 4.64. The normalized spacial score (nSPS) is 12.5. The molecule has 0 unspecified atom stereocenters. The summed E-state index contributed by atoms with van der Waals surface area (Å²) in [7, 11) is 1.34. The van der Waals surface area contributed by atoms with Gasteiger partial charge in [0.05, 0.1) is 29.7 Å². The molecule has 0 aliphatic rings. The van der Waals surface area contributed by atoms with E-state index in [-0.39, 0.29) is 23.0 Å². The number of ether oxygens (including phenoxy) is 2. The molecule has 0 saturated heterocycles. The minimum absolute atomic E-state index is 0.0442. The Balaban J connectivity index is 2.04. The van der Waals surface area contributed by atoms with E-state index in [1.807, 2.05) is 44.2 Å². The monoisotopic (exact) mass is 400 g/mol. The third kappa shape index (κ3) is 5.78. The number of nitrogens with zero attached hydrogens (tertiary/aromatic N) is 1. The maximum absolute atomic E-state index is 12.6. The van der Waals surface area contributed by atoms with Gasteiger partial charge in [-0.15, -0.1) is 0 Å². The van der Waals surface area contributed by atoms with E-state index in [1.54, 1.807) is 0 Å². The molecule has 2 aromatic carbocycles. The molecule has 0 fully saturated rings. The van der Waals surface area contributed by atoms with Crippen LogP contribution in [0.2, 0.25) is 0 Å². The molecule has 0 radical (unpaired) electrons. The predicted molar refractivity (Wildman–Crippen MR) is 108 cm³/mol. The van der Waals surface area contributed by atoms with Crippen LogP contribution in [-0.4, -0.2) is 30.5 Å². The molecule has 0 aliphatic heterocycles. The molecule has 2 rings (SSSR count). The number of carbonyl (C=O) groups excluding carboxylic acids is 2. The minimum Gasteiger partial charge on any atom is -0.494 e. The highest BCUT2D eigenvalue weighted by Gasteiger charge is 2.28. The number of non-ortho nitro benzene ring substituents is 1. The van der Waals surface area contributed by atoms with E-state index < -0.39 is 29.3 Å². The minimum atomic E-state index is -0.568. The van der Waals surface area contributed by atoms with E-state index in [0.717, 1.165) is 12.0 Å². The molecule has 29 heavy (non-hydrogen) atoms. The summed E-state index contributed by atoms with van der Waals surface area (Å²) in [6.45, 7) is 3.47. The zero-order valence-corrected chi connectivity index (χ0v) is 16.6. The van der Waals surface area contributed by atoms with Crippen molar-refractivity contribution in [2.24, 2.45) is 5.92 Å². The molecular formula is C21H24N2O6. The molecule has 0 aromatic heterocycles. The molecule has 2 atom stereocenters. The standard InChI is InChI=1S/C21H24N2O6/c1-4-14(2)20(15-8-6-5-7-9-15)21(25)29-13-19(24)22-17-11-10-16(23(26)27)12-18(17)28-3/h5-12,14,20H,4,13H2,1-3H3,(H,22,24)/t14-,20+/m1/s1. The van der Waals surface area contributed by atoms with Crippen molar-refractivity contribution in [1.82, 2.24) is 0 Å². The zero-order valence-electron chi connectivity index (χ0n) is 16.6. The fourth-order valence-electron chi connectivity index (χ4n) is 2.90. The van der Waals surface area contributed by atoms with Gasteiger partial charge in [-0.1, -0.05) is 50.6 Å². The molecule has 8 nitrogen and oxygen atoms in total. The number of esters is 1. The molecule has 8 heteroatoms. The van der Waals surface area contributed by atoms with Crippen molar-refractivity contribution >= 4 is 23.3 Å². The number of carbonyl (C=O) groups is 2. The predicted octanol–water partition coefficient (Wildman–Crippen LogP) is 3.92. The molecular weight excluding hydrogens is 376 g/mol. The molecule has 2 aromatic rings. The number of amides is 1. The van der Waals surface area contributed by atoms with E-state index in [1.165, 1.54) is 25.3 Å². The van der Waals surface area contributed by atoms with Crippen molar-refractivity contribution in [1.29, 1.82) is 0 Å². The van der Waals surface area contributed by atoms with Crippen molar-refractivity contribution in [3.8, 4) is 5.75 Å². The summed E-state index contributed by atoms with van der Waals surface area (Å²) < 4.78 is 10.3. The SMILES string of the molecule is CC[C@@H](C)[C@H](C(=O)OCC(=O)Nc1ccc([N+](=O)[O-])cc1OC)c1ccccc1. The van der Waals surface area contributed by atoms with Crippen molar-refractivity contribution < 1.29 is 24.0 Å². The molecule has 1 amide bonds. The van der Waals surface area contributed by atoms with Gasteiger partial charge in [-0.3, -0.25) is 19.7 Å². The zero-order chi connectivity index (χ0) is 21.4. The number of hydrogen-bond acceptors (Lipinski definition) is 6. The van der Waals surface area contributed by atoms with Gasteiger partial charge in [0.15, 0.2) is 6.61 Å². The van der Waals surface area contributed by atoms with Crippen LogP contribution in [0.25, 0.3) is 0 Å². The molecule has 0 aliphatic carbocycles. The van der Waals surface area contributed by atoms with Gasteiger partial charge in [-0.2, -0.15) is 0 Å². The lowest BCUT2D eigenvalue weighted by molar-refractivity contribution is -0.384. The van der Waals surface area contributed by atoms with Gasteiger partial charge < -0.3 is 14.8 Å². The number of nitrogens with one attached hydrogen (secondary N) is 1. The lowest BCUT2D eigenvalue weighted by atomic mass is 9.86. The Morgan fingerprint density at radius 1 is 1.17 bits per heavy atom. The highest BCUT2D eigenvalue weighted by Crippen LogP contribution is 2.30. The summed E-state index contributed by atoms with van der Waals surface area (Å²) in [5.74, 6) is -1.33. The van der Waals surface area contributed by atoms with Crippen LogP contribution in [0.15, 0.2) is 48.5 Å². The van der Waals surface area contributed by atoms with E-state index in [9.17, 15) is 19.7 Å². The Labute approximate surface area is 169 Å². The van der Waals surface area contributed by atoms with E-state index >= 15 is 0 Å². The van der Waals surface area contributed by atoms with Gasteiger partial charge in [0.2, 0.25) is 0 Å². The quantitative estimate of drug-likeness (QED) is 0.388. The number of nitro groups is 1. The van der Waals surface area contributed by atoms with Crippen LogP contribution in [0, 0.1) is 16.0 Å². The number of nitro benzene ring substituents is 1. The summed E-state index contributed by atoms with van der Waals surface area (Å²) in [4.78, 5) is 35.2. The Bertz CT molecular complexity index is 869. The van der Waals surface area contributed by atoms with E-state index in [2.05, 4.69) is 5.32 Å². The molecule has 154 valence electrons. The Hall–Kier alpha value is -3.42. The lowest BCUT2D eigenvalue weighted by Crippen LogP contribution is -2.27. The molecule has 0 heterocycles. The maximum atomic E-state index is 12.6. The second-order valence-corrected chi connectivity index (χ2v) is 6.57. The van der Waals surface area contributed by atoms with Crippen molar-refractivity contribution in [2.75, 3.05) is 19.0 Å². The van der Waals surface area contributed by atoms with Crippen LogP contribution in [-0.2, 0) is 14.3 Å². The Kier molecular flexibility index (Phi) is 7.70. The Morgan fingerprint density at radius 2 is 1.86 bits per heavy atom. The number of anilines is 1. The average molecular weight is 400 g/mol. The van der Waals surface area contributed by atoms with Crippen LogP contribution >= 0.6 is 0 Å². The molecule has 0 saturated carbocycles. The number of methoxy groups -OCH3 is 1. The summed E-state index contributed by atoms with van der Waals surface area (Å²) in [5, 5.41) is 13.4. The summed E-state index contributed by atoms with van der Waals surface area (Å²) in [5.41, 5.74) is 0.926. The first kappa shape index (κ1) is 21.9. The lowest BCUT2D eigenvalue weighted by Gasteiger charge is -2.21. The van der Waals surface area contributed by atoms with Gasteiger partial charge in [-0.25, -0.2) is 0 Å². The maximum Gasteiger partial charge on any atom is 0.314 e. The Morgan fingerprint density at radius 3 is 2.45 bits per heavy atom. The van der Waals surface area contributed by atoms with E-state index in [4.69, 9.17) is 9.47 Å². The molecule has 1 N–H and O–H groups in total. The third-order valence-corrected chi connectivity index (χ3v) is 4.64. The molecule has 0 spiro atoms. The molecule has 0 bridgehead atoms. The van der Waals surface area contributed by atoms with Crippen molar-refractivity contribution in [3.63, 3.8) is 0 Å². The highest BCUT2D eigenvalue weighted by atomic mass is 16.6. The second-order valence-electron chi connectivity index (χ2n) is 6.57. The van der Waals surface area contributed by atoms with Crippen LogP contribution in [0.5, 0.6) is 5.75 Å². The van der Waals surface area contributed by atoms with Crippen LogP contribution < -0.4 is 10.1 Å². The summed E-state index contributed by atoms with van der Waals surface area (Å²) >= 11 is 0. The van der Waals surface area contributed by atoms with Gasteiger partial charge in [0.25, 0.3) is 11.6 Å². The number of hydrogen-bond donors (Lipinski definition) is 1. The van der Waals surface area contributed by atoms with Crippen molar-refractivity contribution in [2.45, 2.75) is 26.2 Å². The van der Waals surface area contributed by atoms with Crippen LogP contribution in [0.3, 0.4) is 0 Å². The fraction of sp³-hybridized carbons (Fsp3) is 0.333. The number of rotatable bonds is 9. The van der Waals surface area contributed by atoms with Gasteiger partial charge >= 0.3 is 5.97 Å².